The second-order valence-corrected chi connectivity index (χ2v) is 10.8. The van der Waals surface area contributed by atoms with E-state index in [4.69, 9.17) is 17.3 Å². The molecule has 0 fully saturated rings. The predicted molar refractivity (Wildman–Crippen MR) is 133 cm³/mol. The number of nitrogens with one attached hydrogen (secondary N) is 2. The van der Waals surface area contributed by atoms with Gasteiger partial charge in [0.05, 0.1) is 10.6 Å². The Labute approximate surface area is 207 Å². The van der Waals surface area contributed by atoms with Gasteiger partial charge in [-0.05, 0) is 49.1 Å². The van der Waals surface area contributed by atoms with Gasteiger partial charge in [-0.15, -0.1) is 0 Å². The molecule has 0 saturated heterocycles. The zero-order chi connectivity index (χ0) is 25.3. The largest absolute Gasteiger partial charge is 0.384 e. The van der Waals surface area contributed by atoms with Crippen LogP contribution in [-0.4, -0.2) is 35.1 Å². The number of amides is 1. The molecular formula is C23H25ClN6O4S. The number of hydrogen-bond donors (Lipinski definition) is 3. The maximum atomic E-state index is 13.2. The van der Waals surface area contributed by atoms with Crippen molar-refractivity contribution in [3.63, 3.8) is 0 Å². The Kier molecular flexibility index (Phi) is 6.82. The van der Waals surface area contributed by atoms with E-state index in [2.05, 4.69) is 20.6 Å². The lowest BCUT2D eigenvalue weighted by atomic mass is 10.1. The standard InChI is InChI=1S/C23H25ClN6O4S/c1-13-15(6-9-19(25)28-13)12-27-22(31)18-8-7-17-20(24)29-21(23(32)30(17)18)26-11-14-4-3-5-16(10-14)35(2,33)34/h3-6,9-10,18H,7-8,11-12H2,1-2H3,(H2,25,28)(H,26,29)(H,27,31). The van der Waals surface area contributed by atoms with Crippen LogP contribution in [0.15, 0.2) is 46.1 Å². The molecular weight excluding hydrogens is 492 g/mol. The number of nitrogens with zero attached hydrogens (tertiary/aromatic N) is 3. The van der Waals surface area contributed by atoms with Crippen LogP contribution in [0.2, 0.25) is 5.15 Å². The minimum atomic E-state index is -3.36. The number of nitrogens with two attached hydrogens (primary N) is 1. The molecule has 4 N–H and O–H groups in total. The van der Waals surface area contributed by atoms with Crippen molar-refractivity contribution < 1.29 is 13.2 Å². The van der Waals surface area contributed by atoms with Crippen molar-refractivity contribution in [3.8, 4) is 0 Å². The number of aromatic nitrogens is 3. The van der Waals surface area contributed by atoms with E-state index in [9.17, 15) is 18.0 Å². The predicted octanol–water partition coefficient (Wildman–Crippen LogP) is 2.00. The van der Waals surface area contributed by atoms with Gasteiger partial charge in [-0.25, -0.2) is 18.4 Å². The number of carbonyl (C=O) groups is 1. The van der Waals surface area contributed by atoms with Gasteiger partial charge in [-0.3, -0.25) is 14.2 Å². The third-order valence-electron chi connectivity index (χ3n) is 5.89. The number of rotatable bonds is 7. The van der Waals surface area contributed by atoms with Crippen molar-refractivity contribution in [2.45, 2.75) is 43.8 Å². The number of anilines is 2. The zero-order valence-corrected chi connectivity index (χ0v) is 20.8. The molecule has 12 heteroatoms. The first kappa shape index (κ1) is 24.7. The number of nitrogen functional groups attached to an aromatic ring is 1. The van der Waals surface area contributed by atoms with E-state index in [0.29, 0.717) is 35.6 Å². The third-order valence-corrected chi connectivity index (χ3v) is 7.30. The normalized spacial score (nSPS) is 15.0. The third kappa shape index (κ3) is 5.30. The maximum Gasteiger partial charge on any atom is 0.294 e. The fourth-order valence-corrected chi connectivity index (χ4v) is 5.00. The highest BCUT2D eigenvalue weighted by Crippen LogP contribution is 2.29. The minimum absolute atomic E-state index is 0.0122. The first-order valence-corrected chi connectivity index (χ1v) is 13.1. The van der Waals surface area contributed by atoms with Crippen LogP contribution in [0.4, 0.5) is 11.6 Å². The first-order valence-electron chi connectivity index (χ1n) is 10.9. The summed E-state index contributed by atoms with van der Waals surface area (Å²) in [6.07, 6.45) is 1.99. The quantitative estimate of drug-likeness (QED) is 0.431. The number of aryl methyl sites for hydroxylation is 1. The summed E-state index contributed by atoms with van der Waals surface area (Å²) in [6, 6.07) is 9.13. The fraction of sp³-hybridized carbons (Fsp3) is 0.304. The van der Waals surface area contributed by atoms with Crippen molar-refractivity contribution in [1.29, 1.82) is 0 Å². The highest BCUT2D eigenvalue weighted by atomic mass is 35.5. The van der Waals surface area contributed by atoms with E-state index >= 15 is 0 Å². The monoisotopic (exact) mass is 516 g/mol. The average Bonchev–Trinajstić information content (AvgIpc) is 3.26. The molecule has 0 radical (unpaired) electrons. The smallest absolute Gasteiger partial charge is 0.294 e. The molecule has 1 aliphatic rings. The molecule has 3 heterocycles. The van der Waals surface area contributed by atoms with Crippen molar-refractivity contribution in [3.05, 3.63) is 74.4 Å². The molecule has 1 aromatic carbocycles. The van der Waals surface area contributed by atoms with Crippen LogP contribution >= 0.6 is 11.6 Å². The number of hydrogen-bond acceptors (Lipinski definition) is 8. The molecule has 1 aliphatic heterocycles. The van der Waals surface area contributed by atoms with Crippen LogP contribution in [-0.2, 0) is 34.1 Å². The van der Waals surface area contributed by atoms with Crippen molar-refractivity contribution in [2.24, 2.45) is 0 Å². The summed E-state index contributed by atoms with van der Waals surface area (Å²) in [4.78, 5) is 34.8. The van der Waals surface area contributed by atoms with Crippen molar-refractivity contribution >= 4 is 39.0 Å². The number of carbonyl (C=O) groups excluding carboxylic acids is 1. The van der Waals surface area contributed by atoms with Gasteiger partial charge in [0.1, 0.15) is 11.9 Å². The van der Waals surface area contributed by atoms with Crippen molar-refractivity contribution in [1.82, 2.24) is 19.9 Å². The van der Waals surface area contributed by atoms with E-state index in [-0.39, 0.29) is 34.9 Å². The minimum Gasteiger partial charge on any atom is -0.384 e. The van der Waals surface area contributed by atoms with Crippen LogP contribution in [0, 0.1) is 6.92 Å². The molecule has 35 heavy (non-hydrogen) atoms. The Bertz CT molecular complexity index is 1470. The van der Waals surface area contributed by atoms with Gasteiger partial charge in [-0.2, -0.15) is 0 Å². The summed E-state index contributed by atoms with van der Waals surface area (Å²) in [5, 5.41) is 5.94. The molecule has 0 spiro atoms. The molecule has 0 bridgehead atoms. The van der Waals surface area contributed by atoms with Gasteiger partial charge < -0.3 is 16.4 Å². The van der Waals surface area contributed by atoms with Crippen LogP contribution in [0.5, 0.6) is 0 Å². The zero-order valence-electron chi connectivity index (χ0n) is 19.2. The molecule has 184 valence electrons. The van der Waals surface area contributed by atoms with Crippen LogP contribution in [0.3, 0.4) is 0 Å². The van der Waals surface area contributed by atoms with Gasteiger partial charge in [0.15, 0.2) is 20.8 Å². The topological polar surface area (TPSA) is 149 Å². The number of sulfone groups is 1. The maximum absolute atomic E-state index is 13.2. The first-order chi connectivity index (χ1) is 16.5. The van der Waals surface area contributed by atoms with Gasteiger partial charge >= 0.3 is 0 Å². The summed E-state index contributed by atoms with van der Waals surface area (Å²) in [7, 11) is -3.36. The summed E-state index contributed by atoms with van der Waals surface area (Å²) in [6.45, 7) is 2.21. The Hall–Kier alpha value is -3.44. The Morgan fingerprint density at radius 2 is 2.00 bits per heavy atom. The van der Waals surface area contributed by atoms with E-state index in [0.717, 1.165) is 11.8 Å². The molecule has 3 aromatic rings. The Morgan fingerprint density at radius 3 is 2.71 bits per heavy atom. The van der Waals surface area contributed by atoms with Crippen LogP contribution in [0.1, 0.15) is 35.0 Å². The molecule has 10 nitrogen and oxygen atoms in total. The highest BCUT2D eigenvalue weighted by molar-refractivity contribution is 7.90. The SMILES string of the molecule is Cc1nc(N)ccc1CNC(=O)C1CCc2c(Cl)nc(NCc3cccc(S(C)(=O)=O)c3)c(=O)n21. The molecule has 2 aromatic heterocycles. The summed E-state index contributed by atoms with van der Waals surface area (Å²) >= 11 is 6.35. The number of benzene rings is 1. The lowest BCUT2D eigenvalue weighted by molar-refractivity contribution is -0.124. The number of halogens is 1. The molecule has 1 atom stereocenters. The lowest BCUT2D eigenvalue weighted by Gasteiger charge is -2.17. The van der Waals surface area contributed by atoms with Crippen LogP contribution in [0.25, 0.3) is 0 Å². The lowest BCUT2D eigenvalue weighted by Crippen LogP contribution is -2.36. The van der Waals surface area contributed by atoms with Gasteiger partial charge in [0, 0.05) is 25.0 Å². The van der Waals surface area contributed by atoms with E-state index in [1.54, 1.807) is 24.3 Å². The summed E-state index contributed by atoms with van der Waals surface area (Å²) < 4.78 is 25.0. The van der Waals surface area contributed by atoms with E-state index < -0.39 is 21.4 Å². The van der Waals surface area contributed by atoms with Gasteiger partial charge in [0.25, 0.3) is 5.56 Å². The number of fused-ring (bicyclic) bond motifs is 1. The molecule has 4 rings (SSSR count). The Morgan fingerprint density at radius 1 is 1.23 bits per heavy atom. The summed E-state index contributed by atoms with van der Waals surface area (Å²) in [5.41, 5.74) is 7.91. The highest BCUT2D eigenvalue weighted by Gasteiger charge is 2.32. The second-order valence-electron chi connectivity index (χ2n) is 8.40. The fourth-order valence-electron chi connectivity index (χ4n) is 4.03. The molecule has 1 amide bonds. The van der Waals surface area contributed by atoms with Gasteiger partial charge in [-0.1, -0.05) is 29.8 Å². The number of pyridine rings is 1. The average molecular weight is 517 g/mol. The van der Waals surface area contributed by atoms with E-state index in [1.807, 2.05) is 6.92 Å². The summed E-state index contributed by atoms with van der Waals surface area (Å²) in [5.74, 6) is 0.0806. The Balaban J connectivity index is 1.53. The molecule has 1 unspecified atom stereocenters. The van der Waals surface area contributed by atoms with Gasteiger partial charge in [0.2, 0.25) is 5.91 Å². The van der Waals surface area contributed by atoms with Crippen LogP contribution < -0.4 is 21.9 Å². The van der Waals surface area contributed by atoms with Crippen molar-refractivity contribution in [2.75, 3.05) is 17.3 Å². The second kappa shape index (κ2) is 9.67. The molecule has 0 aliphatic carbocycles. The van der Waals surface area contributed by atoms with E-state index in [1.165, 1.54) is 16.7 Å². The molecule has 0 saturated carbocycles.